The smallest absolute Gasteiger partial charge is 0.147 e. The molecule has 0 aliphatic carbocycles. The highest BCUT2D eigenvalue weighted by atomic mass is 15.2. The fraction of sp³-hybridized carbons (Fsp3) is 0.917. The van der Waals surface area contributed by atoms with Gasteiger partial charge in [0.15, 0.2) is 0 Å². The van der Waals surface area contributed by atoms with Crippen molar-refractivity contribution in [1.29, 1.82) is 0 Å². The second kappa shape index (κ2) is 3.65. The molecule has 2 unspecified atom stereocenters. The molecule has 14 heavy (non-hydrogen) atoms. The molecule has 0 N–H and O–H groups in total. The van der Waals surface area contributed by atoms with Gasteiger partial charge in [-0.05, 0) is 27.7 Å². The van der Waals surface area contributed by atoms with Crippen molar-refractivity contribution in [3.8, 4) is 0 Å². The van der Waals surface area contributed by atoms with Crippen molar-refractivity contribution in [2.24, 2.45) is 11.8 Å². The highest BCUT2D eigenvalue weighted by Gasteiger charge is 2.42. The molecule has 2 atom stereocenters. The van der Waals surface area contributed by atoms with Gasteiger partial charge in [0.25, 0.3) is 0 Å². The van der Waals surface area contributed by atoms with E-state index in [1.54, 1.807) is 0 Å². The van der Waals surface area contributed by atoms with Crippen LogP contribution in [0.5, 0.6) is 0 Å². The molecule has 0 aromatic rings. The van der Waals surface area contributed by atoms with E-state index in [-0.39, 0.29) is 0 Å². The maximum atomic E-state index is 2.61. The van der Waals surface area contributed by atoms with Gasteiger partial charge in [0.05, 0.1) is 5.92 Å². The summed E-state index contributed by atoms with van der Waals surface area (Å²) >= 11 is 0. The third kappa shape index (κ3) is 1.72. The van der Waals surface area contributed by atoms with Gasteiger partial charge in [0.1, 0.15) is 18.8 Å². The molecule has 2 aliphatic heterocycles. The van der Waals surface area contributed by atoms with Crippen molar-refractivity contribution in [2.45, 2.75) is 39.8 Å². The molecule has 0 aromatic heterocycles. The molecule has 0 radical (unpaired) electrons. The molecule has 2 heteroatoms. The van der Waals surface area contributed by atoms with E-state index in [9.17, 15) is 0 Å². The lowest BCUT2D eigenvalue weighted by atomic mass is 10.0. The number of hydrogen-bond donors (Lipinski definition) is 0. The predicted octanol–water partition coefficient (Wildman–Crippen LogP) is 1.45. The summed E-state index contributed by atoms with van der Waals surface area (Å²) in [5.74, 6) is 1.74. The van der Waals surface area contributed by atoms with Crippen LogP contribution >= 0.6 is 0 Å². The van der Waals surface area contributed by atoms with Crippen LogP contribution in [0.3, 0.4) is 0 Å². The summed E-state index contributed by atoms with van der Waals surface area (Å²) in [6.07, 6.45) is 2.48. The molecule has 0 saturated carbocycles. The van der Waals surface area contributed by atoms with Crippen LogP contribution in [0.2, 0.25) is 0 Å². The molecule has 2 rings (SSSR count). The largest absolute Gasteiger partial charge is 0.300 e. The summed E-state index contributed by atoms with van der Waals surface area (Å²) in [7, 11) is 0. The van der Waals surface area contributed by atoms with E-state index in [1.165, 1.54) is 19.6 Å². The second-order valence-corrected chi connectivity index (χ2v) is 5.41. The van der Waals surface area contributed by atoms with Crippen LogP contribution in [0.4, 0.5) is 0 Å². The minimum atomic E-state index is 0.688. The molecule has 2 nitrogen and oxygen atoms in total. The minimum Gasteiger partial charge on any atom is -0.300 e. The van der Waals surface area contributed by atoms with Crippen molar-refractivity contribution >= 4 is 6.21 Å². The molecule has 2 heterocycles. The van der Waals surface area contributed by atoms with E-state index < -0.39 is 0 Å². The van der Waals surface area contributed by atoms with E-state index >= 15 is 0 Å². The van der Waals surface area contributed by atoms with Crippen molar-refractivity contribution in [3.63, 3.8) is 0 Å². The monoisotopic (exact) mass is 195 g/mol. The summed E-state index contributed by atoms with van der Waals surface area (Å²) in [5, 5.41) is 0. The molecular formula is C12H23N2+. The summed E-state index contributed by atoms with van der Waals surface area (Å²) in [6, 6.07) is 1.41. The Balaban J connectivity index is 1.99. The normalized spacial score (nSPS) is 32.9. The molecule has 0 spiro atoms. The molecule has 0 aromatic carbocycles. The Morgan fingerprint density at radius 3 is 2.43 bits per heavy atom. The Bertz CT molecular complexity index is 243. The van der Waals surface area contributed by atoms with Gasteiger partial charge in [-0.2, -0.15) is 0 Å². The van der Waals surface area contributed by atoms with Crippen molar-refractivity contribution in [1.82, 2.24) is 4.90 Å². The Kier molecular flexibility index (Phi) is 2.65. The van der Waals surface area contributed by atoms with Gasteiger partial charge in [0, 0.05) is 25.0 Å². The molecule has 0 amide bonds. The van der Waals surface area contributed by atoms with Crippen LogP contribution < -0.4 is 0 Å². The Labute approximate surface area is 87.6 Å². The number of likely N-dealkylation sites (tertiary alicyclic amines) is 1. The SMILES string of the molecule is CC(C)N1CC2C=[N+](C(C)C)CC2C1. The number of fused-ring (bicyclic) bond motifs is 1. The molecule has 1 fully saturated rings. The van der Waals surface area contributed by atoms with E-state index in [0.717, 1.165) is 17.9 Å². The third-order valence-electron chi connectivity index (χ3n) is 3.74. The molecule has 0 bridgehead atoms. The Morgan fingerprint density at radius 1 is 1.21 bits per heavy atom. The van der Waals surface area contributed by atoms with Crippen LogP contribution in [-0.4, -0.2) is 47.4 Å². The number of nitrogens with zero attached hydrogens (tertiary/aromatic N) is 2. The summed E-state index contributed by atoms with van der Waals surface area (Å²) in [4.78, 5) is 2.61. The van der Waals surface area contributed by atoms with Gasteiger partial charge >= 0.3 is 0 Å². The topological polar surface area (TPSA) is 6.25 Å². The predicted molar refractivity (Wildman–Crippen MR) is 60.0 cm³/mol. The van der Waals surface area contributed by atoms with Crippen LogP contribution in [0.25, 0.3) is 0 Å². The highest BCUT2D eigenvalue weighted by Crippen LogP contribution is 2.28. The molecule has 80 valence electrons. The van der Waals surface area contributed by atoms with Crippen LogP contribution in [0.15, 0.2) is 0 Å². The summed E-state index contributed by atoms with van der Waals surface area (Å²) in [5.41, 5.74) is 0. The van der Waals surface area contributed by atoms with Gasteiger partial charge in [-0.25, -0.2) is 4.58 Å². The highest BCUT2D eigenvalue weighted by molar-refractivity contribution is 5.58. The van der Waals surface area contributed by atoms with Crippen molar-refractivity contribution < 1.29 is 4.58 Å². The maximum absolute atomic E-state index is 2.61. The van der Waals surface area contributed by atoms with E-state index in [2.05, 4.69) is 43.4 Å². The summed E-state index contributed by atoms with van der Waals surface area (Å²) < 4.78 is 2.52. The van der Waals surface area contributed by atoms with Crippen LogP contribution in [0, 0.1) is 11.8 Å². The Hall–Kier alpha value is -0.370. The van der Waals surface area contributed by atoms with Gasteiger partial charge in [-0.1, -0.05) is 0 Å². The second-order valence-electron chi connectivity index (χ2n) is 5.41. The zero-order chi connectivity index (χ0) is 10.3. The van der Waals surface area contributed by atoms with Crippen molar-refractivity contribution in [2.75, 3.05) is 19.6 Å². The van der Waals surface area contributed by atoms with Gasteiger partial charge in [-0.3, -0.25) is 4.90 Å². The lowest BCUT2D eigenvalue weighted by Crippen LogP contribution is -2.31. The van der Waals surface area contributed by atoms with Crippen LogP contribution in [0.1, 0.15) is 27.7 Å². The third-order valence-corrected chi connectivity index (χ3v) is 3.74. The maximum Gasteiger partial charge on any atom is 0.147 e. The molecule has 2 aliphatic rings. The summed E-state index contributed by atoms with van der Waals surface area (Å²) in [6.45, 7) is 13.1. The molecular weight excluding hydrogens is 172 g/mol. The lowest BCUT2D eigenvalue weighted by Gasteiger charge is -2.20. The standard InChI is InChI=1S/C12H23N2/c1-9(2)13-5-11-7-14(10(3)4)8-12(11)6-13/h5,9-12H,6-8H2,1-4H3/q+1. The van der Waals surface area contributed by atoms with Crippen LogP contribution in [-0.2, 0) is 0 Å². The van der Waals surface area contributed by atoms with E-state index in [1.807, 2.05) is 0 Å². The quantitative estimate of drug-likeness (QED) is 0.604. The minimum absolute atomic E-state index is 0.688. The zero-order valence-corrected chi connectivity index (χ0v) is 9.90. The van der Waals surface area contributed by atoms with Gasteiger partial charge in [-0.15, -0.1) is 0 Å². The van der Waals surface area contributed by atoms with E-state index in [0.29, 0.717) is 6.04 Å². The van der Waals surface area contributed by atoms with Gasteiger partial charge < -0.3 is 0 Å². The lowest BCUT2D eigenvalue weighted by molar-refractivity contribution is -0.551. The van der Waals surface area contributed by atoms with Gasteiger partial charge in [0.2, 0.25) is 0 Å². The first-order chi connectivity index (χ1) is 6.58. The number of hydrogen-bond acceptors (Lipinski definition) is 1. The van der Waals surface area contributed by atoms with E-state index in [4.69, 9.17) is 0 Å². The molecule has 1 saturated heterocycles. The fourth-order valence-electron chi connectivity index (χ4n) is 2.68. The first kappa shape index (κ1) is 10.2. The zero-order valence-electron chi connectivity index (χ0n) is 9.90. The number of rotatable bonds is 2. The fourth-order valence-corrected chi connectivity index (χ4v) is 2.68. The van der Waals surface area contributed by atoms with Crippen molar-refractivity contribution in [3.05, 3.63) is 0 Å². The average Bonchev–Trinajstić information content (AvgIpc) is 2.57. The first-order valence-corrected chi connectivity index (χ1v) is 5.92. The average molecular weight is 195 g/mol. The Morgan fingerprint density at radius 2 is 1.93 bits per heavy atom. The first-order valence-electron chi connectivity index (χ1n) is 5.92.